The molecule has 0 aliphatic heterocycles. The van der Waals surface area contributed by atoms with Gasteiger partial charge in [0.05, 0.1) is 17.2 Å². The van der Waals surface area contributed by atoms with Gasteiger partial charge in [-0.15, -0.1) is 0 Å². The molecule has 0 aliphatic rings. The zero-order chi connectivity index (χ0) is 34.1. The molecule has 250 valence electrons. The molecule has 0 bridgehead atoms. The molecular formula is C30H45F6N5O3. The molecule has 0 aliphatic carbocycles. The van der Waals surface area contributed by atoms with Crippen molar-refractivity contribution in [3.8, 4) is 0 Å². The maximum absolute atomic E-state index is 13.7. The number of carbonyl (C=O) groups is 2. The van der Waals surface area contributed by atoms with Gasteiger partial charge >= 0.3 is 12.4 Å². The van der Waals surface area contributed by atoms with Crippen molar-refractivity contribution < 1.29 is 40.7 Å². The molecule has 0 heterocycles. The van der Waals surface area contributed by atoms with E-state index in [1.54, 1.807) is 32.1 Å². The van der Waals surface area contributed by atoms with Crippen LogP contribution in [0, 0.1) is 5.41 Å². The fraction of sp³-hybridized carbons (Fsp3) is 0.567. The third-order valence-corrected chi connectivity index (χ3v) is 6.30. The number of amides is 2. The third kappa shape index (κ3) is 14.2. The van der Waals surface area contributed by atoms with Crippen molar-refractivity contribution in [1.82, 2.24) is 15.5 Å². The molecule has 44 heavy (non-hydrogen) atoms. The Labute approximate surface area is 255 Å². The predicted octanol–water partition coefficient (Wildman–Crippen LogP) is 6.19. The Morgan fingerprint density at radius 2 is 1.61 bits per heavy atom. The second kappa shape index (κ2) is 18.8. The van der Waals surface area contributed by atoms with Crippen LogP contribution in [-0.2, 0) is 14.3 Å². The first kappa shape index (κ1) is 40.3. The Morgan fingerprint density at radius 3 is 2.11 bits per heavy atom. The third-order valence-electron chi connectivity index (χ3n) is 6.30. The van der Waals surface area contributed by atoms with E-state index in [0.717, 1.165) is 19.1 Å². The van der Waals surface area contributed by atoms with Crippen molar-refractivity contribution in [3.63, 3.8) is 0 Å². The Balaban J connectivity index is 5.95. The summed E-state index contributed by atoms with van der Waals surface area (Å²) in [6, 6.07) is 0. The molecule has 0 rings (SSSR count). The summed E-state index contributed by atoms with van der Waals surface area (Å²) in [6.45, 7) is 9.63. The van der Waals surface area contributed by atoms with Gasteiger partial charge in [0.1, 0.15) is 5.71 Å². The summed E-state index contributed by atoms with van der Waals surface area (Å²) < 4.78 is 85.2. The first-order valence-corrected chi connectivity index (χ1v) is 14.2. The largest absolute Gasteiger partial charge is 0.482 e. The van der Waals surface area contributed by atoms with Crippen LogP contribution in [0.5, 0.6) is 0 Å². The topological polar surface area (TPSA) is 121 Å². The lowest BCUT2D eigenvalue weighted by atomic mass is 9.97. The number of alkyl halides is 6. The summed E-state index contributed by atoms with van der Waals surface area (Å²) in [5.41, 5.74) is 0.857. The van der Waals surface area contributed by atoms with Crippen LogP contribution in [-0.4, -0.2) is 66.6 Å². The van der Waals surface area contributed by atoms with Gasteiger partial charge in [0, 0.05) is 31.8 Å². The summed E-state index contributed by atoms with van der Waals surface area (Å²) in [5, 5.41) is 12.8. The Hall–Kier alpha value is -3.71. The van der Waals surface area contributed by atoms with Crippen molar-refractivity contribution in [2.75, 3.05) is 26.2 Å². The molecule has 0 spiro atoms. The zero-order valence-electron chi connectivity index (χ0n) is 26.1. The molecule has 1 atom stereocenters. The van der Waals surface area contributed by atoms with Gasteiger partial charge in [-0.05, 0) is 66.0 Å². The van der Waals surface area contributed by atoms with Crippen molar-refractivity contribution in [3.05, 3.63) is 59.2 Å². The molecule has 1 unspecified atom stereocenters. The number of allylic oxidation sites excluding steroid dienone is 8. The molecule has 2 amide bonds. The van der Waals surface area contributed by atoms with E-state index >= 15 is 0 Å². The van der Waals surface area contributed by atoms with Crippen molar-refractivity contribution in [2.45, 2.75) is 85.2 Å². The molecule has 0 aromatic heterocycles. The van der Waals surface area contributed by atoms with Gasteiger partial charge in [0.25, 0.3) is 11.8 Å². The van der Waals surface area contributed by atoms with E-state index in [0.29, 0.717) is 11.9 Å². The first-order chi connectivity index (χ1) is 20.4. The summed E-state index contributed by atoms with van der Waals surface area (Å²) in [5.74, 6) is -1.34. The molecule has 0 aromatic rings. The number of rotatable bonds is 18. The molecule has 0 aromatic carbocycles. The van der Waals surface area contributed by atoms with E-state index < -0.39 is 46.6 Å². The normalized spacial score (nSPS) is 15.2. The number of halogens is 6. The Bertz CT molecular complexity index is 1120. The maximum atomic E-state index is 13.7. The summed E-state index contributed by atoms with van der Waals surface area (Å²) >= 11 is 0. The van der Waals surface area contributed by atoms with E-state index in [2.05, 4.69) is 10.6 Å². The number of likely N-dealkylation sites (N-methyl/N-ethyl adjacent to an activating group) is 1. The highest BCUT2D eigenvalue weighted by atomic mass is 19.4. The molecule has 8 nitrogen and oxygen atoms in total. The van der Waals surface area contributed by atoms with Gasteiger partial charge < -0.3 is 26.0 Å². The van der Waals surface area contributed by atoms with Gasteiger partial charge in [-0.3, -0.25) is 15.0 Å². The van der Waals surface area contributed by atoms with Crippen molar-refractivity contribution >= 4 is 17.5 Å². The highest BCUT2D eigenvalue weighted by molar-refractivity contribution is 6.44. The van der Waals surface area contributed by atoms with E-state index in [-0.39, 0.29) is 57.6 Å². The number of nitrogens with one attached hydrogen (secondary N) is 3. The number of ether oxygens (including phenoxy) is 1. The van der Waals surface area contributed by atoms with E-state index in [1.165, 1.54) is 18.7 Å². The van der Waals surface area contributed by atoms with Crippen LogP contribution in [0.15, 0.2) is 59.2 Å². The quantitative estimate of drug-likeness (QED) is 0.0470. The van der Waals surface area contributed by atoms with Gasteiger partial charge in [0.2, 0.25) is 0 Å². The second-order valence-corrected chi connectivity index (χ2v) is 9.94. The number of hydrogen-bond acceptors (Lipinski definition) is 6. The van der Waals surface area contributed by atoms with Crippen LogP contribution in [0.25, 0.3) is 0 Å². The highest BCUT2D eigenvalue weighted by Crippen LogP contribution is 2.30. The smallest absolute Gasteiger partial charge is 0.418 e. The Kier molecular flexibility index (Phi) is 17.3. The van der Waals surface area contributed by atoms with Crippen LogP contribution in [0.4, 0.5) is 26.3 Å². The molecule has 5 N–H and O–H groups in total. The van der Waals surface area contributed by atoms with Crippen LogP contribution >= 0.6 is 0 Å². The minimum absolute atomic E-state index is 0.0279. The lowest BCUT2D eigenvalue weighted by Gasteiger charge is -2.35. The summed E-state index contributed by atoms with van der Waals surface area (Å²) in [7, 11) is 0. The van der Waals surface area contributed by atoms with Gasteiger partial charge in [-0.2, -0.15) is 26.3 Å². The highest BCUT2D eigenvalue weighted by Gasteiger charge is 2.40. The van der Waals surface area contributed by atoms with E-state index in [1.807, 2.05) is 6.92 Å². The van der Waals surface area contributed by atoms with Gasteiger partial charge in [-0.25, -0.2) is 0 Å². The average Bonchev–Trinajstić information content (AvgIpc) is 2.92. The van der Waals surface area contributed by atoms with E-state index in [4.69, 9.17) is 15.9 Å². The van der Waals surface area contributed by atoms with Crippen LogP contribution in [0.2, 0.25) is 0 Å². The molecule has 14 heteroatoms. The number of nitrogens with two attached hydrogens (primary N) is 1. The van der Waals surface area contributed by atoms with Crippen LogP contribution in [0.1, 0.15) is 67.2 Å². The minimum atomic E-state index is -4.88. The summed E-state index contributed by atoms with van der Waals surface area (Å²) in [4.78, 5) is 27.3. The molecule has 0 radical (unpaired) electrons. The fourth-order valence-corrected chi connectivity index (χ4v) is 4.02. The number of hydrogen-bond donors (Lipinski definition) is 4. The minimum Gasteiger partial charge on any atom is -0.482 e. The van der Waals surface area contributed by atoms with Gasteiger partial charge in [-0.1, -0.05) is 37.6 Å². The van der Waals surface area contributed by atoms with Crippen molar-refractivity contribution in [1.29, 1.82) is 5.41 Å². The SMILES string of the molecule is C/C=C\C=C(/N)NCCN(CC)C(=O)C(C)(CCCNC(=O)C(=N)/C(=C\C)C(F)(F)F)O/C(C)=C/C=C(\CCC)C(F)(F)F. The average molecular weight is 638 g/mol. The summed E-state index contributed by atoms with van der Waals surface area (Å²) in [6.07, 6.45) is -1.56. The number of nitrogens with zero attached hydrogens (tertiary/aromatic N) is 1. The van der Waals surface area contributed by atoms with Crippen LogP contribution in [0.3, 0.4) is 0 Å². The van der Waals surface area contributed by atoms with Crippen LogP contribution < -0.4 is 16.4 Å². The second-order valence-electron chi connectivity index (χ2n) is 9.94. The predicted molar refractivity (Wildman–Crippen MR) is 159 cm³/mol. The molecule has 0 saturated heterocycles. The maximum Gasteiger partial charge on any atom is 0.418 e. The molecular weight excluding hydrogens is 592 g/mol. The monoisotopic (exact) mass is 637 g/mol. The van der Waals surface area contributed by atoms with E-state index in [9.17, 15) is 35.9 Å². The Morgan fingerprint density at radius 1 is 0.977 bits per heavy atom. The zero-order valence-corrected chi connectivity index (χ0v) is 26.1. The number of carbonyl (C=O) groups excluding carboxylic acids is 2. The van der Waals surface area contributed by atoms with Crippen molar-refractivity contribution in [2.24, 2.45) is 5.73 Å². The van der Waals surface area contributed by atoms with Gasteiger partial charge in [0.15, 0.2) is 5.60 Å². The molecule has 0 fully saturated rings. The fourth-order valence-electron chi connectivity index (χ4n) is 4.02. The standard InChI is InChI=1S/C30H45F6N5O3/c1-7-11-14-24(37)39-19-20-41(10-4)27(43)28(6,44-21(5)15-16-22(13-8-2)29(31,32)33)17-12-18-40-26(42)25(38)23(9-3)30(34,35)36/h7,9,11,14-16,38-39H,8,10,12-13,17-20,37H2,1-6H3,(H,40,42)/b11-7-,21-15+,22-16+,23-9+,24-14+,38-25?. The lowest BCUT2D eigenvalue weighted by molar-refractivity contribution is -0.152. The molecule has 0 saturated carbocycles. The lowest BCUT2D eigenvalue weighted by Crippen LogP contribution is -2.50. The first-order valence-electron chi connectivity index (χ1n) is 14.2.